The zero-order valence-corrected chi connectivity index (χ0v) is 15.5. The van der Waals surface area contributed by atoms with E-state index in [1.165, 1.54) is 11.6 Å². The van der Waals surface area contributed by atoms with Crippen LogP contribution in [0, 0.1) is 0 Å². The molecule has 8 nitrogen and oxygen atoms in total. The standard InChI is InChI=1S/C17H26N4O4/c1-6-12-11-18-15-13(16(22)20(3)17(23)19(15)2)14(12)21(7-9-24-4)8-10-25-5/h11H,6-10H2,1-5H3. The molecule has 0 spiro atoms. The van der Waals surface area contributed by atoms with Gasteiger partial charge < -0.3 is 14.4 Å². The summed E-state index contributed by atoms with van der Waals surface area (Å²) in [4.78, 5) is 31.5. The van der Waals surface area contributed by atoms with Crippen molar-refractivity contribution in [3.63, 3.8) is 0 Å². The molecule has 0 radical (unpaired) electrons. The maximum Gasteiger partial charge on any atom is 0.332 e. The van der Waals surface area contributed by atoms with Crippen LogP contribution in [0.1, 0.15) is 12.5 Å². The topological polar surface area (TPSA) is 78.6 Å². The number of pyridine rings is 1. The van der Waals surface area contributed by atoms with E-state index in [0.29, 0.717) is 37.3 Å². The highest BCUT2D eigenvalue weighted by atomic mass is 16.5. The number of aryl methyl sites for hydroxylation is 2. The largest absolute Gasteiger partial charge is 0.383 e. The third-order valence-electron chi connectivity index (χ3n) is 4.35. The highest BCUT2D eigenvalue weighted by Gasteiger charge is 2.20. The predicted molar refractivity (Wildman–Crippen MR) is 97.6 cm³/mol. The van der Waals surface area contributed by atoms with Crippen LogP contribution in [0.15, 0.2) is 15.8 Å². The number of methoxy groups -OCH3 is 2. The van der Waals surface area contributed by atoms with E-state index in [-0.39, 0.29) is 11.2 Å². The molecule has 8 heteroatoms. The molecule has 0 aliphatic heterocycles. The molecule has 2 aromatic heterocycles. The first-order valence-corrected chi connectivity index (χ1v) is 8.28. The fourth-order valence-electron chi connectivity index (χ4n) is 2.91. The van der Waals surface area contributed by atoms with Crippen LogP contribution in [0.5, 0.6) is 0 Å². The van der Waals surface area contributed by atoms with Crippen LogP contribution in [0.2, 0.25) is 0 Å². The normalized spacial score (nSPS) is 11.2. The van der Waals surface area contributed by atoms with Crippen LogP contribution in [-0.2, 0) is 30.0 Å². The lowest BCUT2D eigenvalue weighted by Gasteiger charge is -2.27. The molecule has 0 atom stereocenters. The van der Waals surface area contributed by atoms with Gasteiger partial charge in [0, 0.05) is 47.6 Å². The van der Waals surface area contributed by atoms with Gasteiger partial charge in [-0.1, -0.05) is 6.92 Å². The number of fused-ring (bicyclic) bond motifs is 1. The predicted octanol–water partition coefficient (Wildman–Crippen LogP) is 0.294. The SMILES string of the molecule is CCc1cnc2c(c1N(CCOC)CCOC)c(=O)n(C)c(=O)n2C. The molecule has 0 bridgehead atoms. The molecule has 0 saturated heterocycles. The Morgan fingerprint density at radius 1 is 1.08 bits per heavy atom. The molecule has 0 saturated carbocycles. The number of ether oxygens (including phenoxy) is 2. The Hall–Kier alpha value is -2.19. The minimum absolute atomic E-state index is 0.337. The molecular formula is C17H26N4O4. The zero-order chi connectivity index (χ0) is 18.6. The summed E-state index contributed by atoms with van der Waals surface area (Å²) in [6.07, 6.45) is 2.46. The number of rotatable bonds is 8. The number of anilines is 1. The maximum atomic E-state index is 12.9. The molecule has 0 aliphatic rings. The van der Waals surface area contributed by atoms with Gasteiger partial charge >= 0.3 is 5.69 Å². The smallest absolute Gasteiger partial charge is 0.332 e. The molecule has 2 aromatic rings. The second kappa shape index (κ2) is 8.26. The van der Waals surface area contributed by atoms with Crippen molar-refractivity contribution < 1.29 is 9.47 Å². The van der Waals surface area contributed by atoms with Crippen molar-refractivity contribution in [2.75, 3.05) is 45.4 Å². The van der Waals surface area contributed by atoms with Crippen molar-refractivity contribution in [1.29, 1.82) is 0 Å². The van der Waals surface area contributed by atoms with Crippen molar-refractivity contribution in [1.82, 2.24) is 14.1 Å². The van der Waals surface area contributed by atoms with Crippen LogP contribution < -0.4 is 16.1 Å². The molecule has 0 amide bonds. The van der Waals surface area contributed by atoms with E-state index in [9.17, 15) is 9.59 Å². The number of nitrogens with zero attached hydrogens (tertiary/aromatic N) is 4. The van der Waals surface area contributed by atoms with Crippen LogP contribution in [0.4, 0.5) is 5.69 Å². The van der Waals surface area contributed by atoms with E-state index < -0.39 is 0 Å². The third-order valence-corrected chi connectivity index (χ3v) is 4.35. The Balaban J connectivity index is 2.82. The van der Waals surface area contributed by atoms with Crippen molar-refractivity contribution in [3.8, 4) is 0 Å². The quantitative estimate of drug-likeness (QED) is 0.681. The molecule has 0 unspecified atom stereocenters. The molecular weight excluding hydrogens is 324 g/mol. The van der Waals surface area contributed by atoms with Crippen molar-refractivity contribution in [2.45, 2.75) is 13.3 Å². The van der Waals surface area contributed by atoms with Gasteiger partial charge in [-0.05, 0) is 12.0 Å². The van der Waals surface area contributed by atoms with E-state index in [1.54, 1.807) is 27.5 Å². The van der Waals surface area contributed by atoms with Crippen molar-refractivity contribution >= 4 is 16.7 Å². The Morgan fingerprint density at radius 2 is 1.68 bits per heavy atom. The number of hydrogen-bond acceptors (Lipinski definition) is 6. The van der Waals surface area contributed by atoms with Gasteiger partial charge in [0.15, 0.2) is 5.65 Å². The van der Waals surface area contributed by atoms with Crippen LogP contribution in [-0.4, -0.2) is 54.6 Å². The molecule has 25 heavy (non-hydrogen) atoms. The van der Waals surface area contributed by atoms with Gasteiger partial charge in [-0.25, -0.2) is 9.78 Å². The zero-order valence-electron chi connectivity index (χ0n) is 15.5. The highest BCUT2D eigenvalue weighted by Crippen LogP contribution is 2.27. The Morgan fingerprint density at radius 3 is 2.20 bits per heavy atom. The van der Waals surface area contributed by atoms with E-state index >= 15 is 0 Å². The molecule has 0 aliphatic carbocycles. The first-order chi connectivity index (χ1) is 12.0. The summed E-state index contributed by atoms with van der Waals surface area (Å²) in [7, 11) is 6.40. The van der Waals surface area contributed by atoms with Gasteiger partial charge in [0.2, 0.25) is 0 Å². The minimum Gasteiger partial charge on any atom is -0.383 e. The highest BCUT2D eigenvalue weighted by molar-refractivity contribution is 5.90. The van der Waals surface area contributed by atoms with Gasteiger partial charge in [-0.2, -0.15) is 0 Å². The molecule has 2 rings (SSSR count). The maximum absolute atomic E-state index is 12.9. The lowest BCUT2D eigenvalue weighted by atomic mass is 10.1. The monoisotopic (exact) mass is 350 g/mol. The fraction of sp³-hybridized carbons (Fsp3) is 0.588. The molecule has 2 heterocycles. The Bertz CT molecular complexity index is 848. The molecule has 0 N–H and O–H groups in total. The number of aromatic nitrogens is 3. The summed E-state index contributed by atoms with van der Waals surface area (Å²) in [6, 6.07) is 0. The molecule has 0 aromatic carbocycles. The van der Waals surface area contributed by atoms with Crippen LogP contribution in [0.25, 0.3) is 11.0 Å². The summed E-state index contributed by atoms with van der Waals surface area (Å²) >= 11 is 0. The van der Waals surface area contributed by atoms with E-state index in [4.69, 9.17) is 9.47 Å². The van der Waals surface area contributed by atoms with Crippen LogP contribution in [0.3, 0.4) is 0 Å². The summed E-state index contributed by atoms with van der Waals surface area (Å²) in [5.74, 6) is 0. The van der Waals surface area contributed by atoms with Crippen molar-refractivity contribution in [2.24, 2.45) is 14.1 Å². The van der Waals surface area contributed by atoms with Gasteiger partial charge in [0.1, 0.15) is 5.39 Å². The lowest BCUT2D eigenvalue weighted by Crippen LogP contribution is -2.39. The number of hydrogen-bond donors (Lipinski definition) is 0. The third kappa shape index (κ3) is 3.59. The summed E-state index contributed by atoms with van der Waals surface area (Å²) in [5, 5.41) is 0.455. The lowest BCUT2D eigenvalue weighted by molar-refractivity contribution is 0.190. The van der Waals surface area contributed by atoms with Crippen molar-refractivity contribution in [3.05, 3.63) is 32.6 Å². The van der Waals surface area contributed by atoms with E-state index in [2.05, 4.69) is 9.88 Å². The van der Waals surface area contributed by atoms with E-state index in [1.807, 2.05) is 6.92 Å². The van der Waals surface area contributed by atoms with Gasteiger partial charge in [0.25, 0.3) is 5.56 Å². The summed E-state index contributed by atoms with van der Waals surface area (Å²) in [5.41, 5.74) is 1.42. The van der Waals surface area contributed by atoms with Gasteiger partial charge in [-0.15, -0.1) is 0 Å². The fourth-order valence-corrected chi connectivity index (χ4v) is 2.91. The van der Waals surface area contributed by atoms with E-state index in [0.717, 1.165) is 22.2 Å². The second-order valence-electron chi connectivity index (χ2n) is 5.86. The first kappa shape index (κ1) is 19.1. The summed E-state index contributed by atoms with van der Waals surface area (Å²) in [6.45, 7) is 4.27. The Kier molecular flexibility index (Phi) is 6.33. The van der Waals surface area contributed by atoms with Crippen LogP contribution >= 0.6 is 0 Å². The minimum atomic E-state index is -0.388. The first-order valence-electron chi connectivity index (χ1n) is 8.28. The average Bonchev–Trinajstić information content (AvgIpc) is 2.63. The van der Waals surface area contributed by atoms with Gasteiger partial charge in [-0.3, -0.25) is 13.9 Å². The average molecular weight is 350 g/mol. The van der Waals surface area contributed by atoms with Gasteiger partial charge in [0.05, 0.1) is 18.9 Å². The molecule has 138 valence electrons. The summed E-state index contributed by atoms with van der Waals surface area (Å²) < 4.78 is 13.0. The molecule has 0 fully saturated rings. The second-order valence-corrected chi connectivity index (χ2v) is 5.86. The Labute approximate surface area is 146 Å².